The Labute approximate surface area is 190 Å². The van der Waals surface area contributed by atoms with Crippen LogP contribution in [0.3, 0.4) is 0 Å². The first-order chi connectivity index (χ1) is 15.4. The van der Waals surface area contributed by atoms with E-state index in [1.165, 1.54) is 30.2 Å². The molecule has 0 aliphatic carbocycles. The highest BCUT2D eigenvalue weighted by molar-refractivity contribution is 7.99. The summed E-state index contributed by atoms with van der Waals surface area (Å²) in [5, 5.41) is 13.2. The maximum Gasteiger partial charge on any atom is 0.256 e. The molecular weight excluding hydrogens is 448 g/mol. The van der Waals surface area contributed by atoms with E-state index in [9.17, 15) is 8.42 Å². The second-order valence-corrected chi connectivity index (χ2v) is 10.6. The van der Waals surface area contributed by atoms with Crippen molar-refractivity contribution in [3.05, 3.63) is 48.5 Å². The van der Waals surface area contributed by atoms with E-state index in [1.54, 1.807) is 23.0 Å². The van der Waals surface area contributed by atoms with Crippen LogP contribution in [0.25, 0.3) is 22.5 Å². The fourth-order valence-corrected chi connectivity index (χ4v) is 4.81. The van der Waals surface area contributed by atoms with Crippen LogP contribution in [-0.4, -0.2) is 57.8 Å². The number of unbranched alkanes of at least 4 members (excludes halogenated alkanes) is 2. The van der Waals surface area contributed by atoms with Crippen LogP contribution in [-0.2, 0) is 16.6 Å². The molecule has 0 spiro atoms. The fourth-order valence-electron chi connectivity index (χ4n) is 3.05. The van der Waals surface area contributed by atoms with Crippen molar-refractivity contribution >= 4 is 32.9 Å². The predicted octanol–water partition coefficient (Wildman–Crippen LogP) is 3.69. The van der Waals surface area contributed by atoms with Crippen molar-refractivity contribution in [1.82, 2.24) is 29.5 Å². The number of benzene rings is 2. The lowest BCUT2D eigenvalue weighted by atomic mass is 10.2. The van der Waals surface area contributed by atoms with Crippen LogP contribution in [0.1, 0.15) is 19.3 Å². The summed E-state index contributed by atoms with van der Waals surface area (Å²) in [4.78, 5) is 6.26. The Balaban J connectivity index is 1.23. The van der Waals surface area contributed by atoms with Crippen LogP contribution in [0.4, 0.5) is 0 Å². The third kappa shape index (κ3) is 5.17. The van der Waals surface area contributed by atoms with Crippen molar-refractivity contribution in [2.45, 2.75) is 35.9 Å². The highest BCUT2D eigenvalue weighted by Gasteiger charge is 2.19. The molecule has 4 rings (SSSR count). The monoisotopic (exact) mass is 472 g/mol. The number of rotatable bonds is 10. The highest BCUT2D eigenvalue weighted by atomic mass is 32.2. The zero-order valence-electron chi connectivity index (χ0n) is 17.9. The minimum Gasteiger partial charge on any atom is -0.431 e. The maximum atomic E-state index is 12.3. The Bertz CT molecular complexity index is 1290. The summed E-state index contributed by atoms with van der Waals surface area (Å²) in [7, 11) is -0.486. The molecule has 0 aliphatic heterocycles. The zero-order chi connectivity index (χ0) is 22.6. The molecule has 168 valence electrons. The van der Waals surface area contributed by atoms with Crippen molar-refractivity contribution in [3.8, 4) is 11.4 Å². The van der Waals surface area contributed by atoms with E-state index in [1.807, 2.05) is 30.3 Å². The first-order valence-electron chi connectivity index (χ1n) is 10.2. The zero-order valence-corrected chi connectivity index (χ0v) is 19.5. The molecule has 0 amide bonds. The molecule has 11 heteroatoms. The Kier molecular flexibility index (Phi) is 6.87. The lowest BCUT2D eigenvalue weighted by molar-refractivity contribution is 0.483. The molecule has 2 heterocycles. The van der Waals surface area contributed by atoms with E-state index in [0.29, 0.717) is 22.1 Å². The fraction of sp³-hybridized carbons (Fsp3) is 0.333. The van der Waals surface area contributed by atoms with Crippen LogP contribution in [0.5, 0.6) is 0 Å². The number of thioether (sulfide) groups is 1. The van der Waals surface area contributed by atoms with Gasteiger partial charge in [0.2, 0.25) is 15.8 Å². The largest absolute Gasteiger partial charge is 0.431 e. The molecule has 0 aliphatic rings. The van der Waals surface area contributed by atoms with Gasteiger partial charge in [0.05, 0.1) is 11.4 Å². The molecule has 0 bridgehead atoms. The lowest BCUT2D eigenvalue weighted by Gasteiger charge is -2.10. The van der Waals surface area contributed by atoms with Crippen molar-refractivity contribution in [1.29, 1.82) is 0 Å². The summed E-state index contributed by atoms with van der Waals surface area (Å²) in [5.74, 6) is 1.49. The normalized spacial score (nSPS) is 12.1. The first kappa shape index (κ1) is 22.4. The van der Waals surface area contributed by atoms with Gasteiger partial charge in [-0.3, -0.25) is 0 Å². The Morgan fingerprint density at radius 1 is 1.06 bits per heavy atom. The van der Waals surface area contributed by atoms with Gasteiger partial charge in [-0.05, 0) is 36.3 Å². The van der Waals surface area contributed by atoms with E-state index in [-0.39, 0.29) is 4.90 Å². The maximum absolute atomic E-state index is 12.3. The Hall–Kier alpha value is -2.76. The van der Waals surface area contributed by atoms with Gasteiger partial charge in [0.25, 0.3) is 5.22 Å². The predicted molar refractivity (Wildman–Crippen MR) is 123 cm³/mol. The number of fused-ring (bicyclic) bond motifs is 1. The number of oxazole rings is 1. The van der Waals surface area contributed by atoms with E-state index in [0.717, 1.165) is 37.1 Å². The van der Waals surface area contributed by atoms with Crippen LogP contribution >= 0.6 is 11.8 Å². The van der Waals surface area contributed by atoms with Crippen LogP contribution in [0, 0.1) is 0 Å². The second-order valence-electron chi connectivity index (χ2n) is 7.38. The number of tetrazole rings is 1. The third-order valence-electron chi connectivity index (χ3n) is 4.83. The minimum absolute atomic E-state index is 0.206. The lowest BCUT2D eigenvalue weighted by Crippen LogP contribution is -2.22. The molecule has 0 atom stereocenters. The number of aryl methyl sites for hydroxylation is 1. The molecule has 9 nitrogen and oxygen atoms in total. The minimum atomic E-state index is -3.50. The molecule has 0 radical (unpaired) electrons. The number of aromatic nitrogens is 5. The number of hydrogen-bond acceptors (Lipinski definition) is 8. The topological polar surface area (TPSA) is 107 Å². The summed E-state index contributed by atoms with van der Waals surface area (Å²) in [6, 6.07) is 14.5. The number of sulfonamides is 1. The van der Waals surface area contributed by atoms with E-state index in [4.69, 9.17) is 4.42 Å². The number of hydrogen-bond donors (Lipinski definition) is 0. The van der Waals surface area contributed by atoms with Gasteiger partial charge in [0, 0.05) is 25.4 Å². The Morgan fingerprint density at radius 3 is 2.66 bits per heavy atom. The molecular formula is C21H24N6O3S2. The van der Waals surface area contributed by atoms with Crippen LogP contribution in [0.2, 0.25) is 0 Å². The van der Waals surface area contributed by atoms with Gasteiger partial charge in [-0.15, -0.1) is 10.2 Å². The quantitative estimate of drug-likeness (QED) is 0.254. The average molecular weight is 473 g/mol. The summed E-state index contributed by atoms with van der Waals surface area (Å²) in [6.07, 6.45) is 2.95. The highest BCUT2D eigenvalue weighted by Crippen LogP contribution is 2.27. The van der Waals surface area contributed by atoms with Crippen molar-refractivity contribution < 1.29 is 12.8 Å². The second kappa shape index (κ2) is 9.80. The van der Waals surface area contributed by atoms with Gasteiger partial charge in [0.15, 0.2) is 5.58 Å². The molecule has 4 aromatic rings. The molecule has 0 fully saturated rings. The molecule has 32 heavy (non-hydrogen) atoms. The van der Waals surface area contributed by atoms with Gasteiger partial charge in [0.1, 0.15) is 5.52 Å². The molecule has 2 aromatic carbocycles. The van der Waals surface area contributed by atoms with Gasteiger partial charge in [-0.25, -0.2) is 17.7 Å². The van der Waals surface area contributed by atoms with E-state index >= 15 is 0 Å². The SMILES string of the molecule is CN(C)S(=O)(=O)c1ccc2oc(SCCCCCn3nnc(-c4ccccc4)n3)nc2c1. The molecule has 2 aromatic heterocycles. The van der Waals surface area contributed by atoms with Gasteiger partial charge < -0.3 is 4.42 Å². The summed E-state index contributed by atoms with van der Waals surface area (Å²) >= 11 is 1.53. The van der Waals surface area contributed by atoms with Crippen LogP contribution in [0.15, 0.2) is 63.1 Å². The van der Waals surface area contributed by atoms with Crippen molar-refractivity contribution in [3.63, 3.8) is 0 Å². The summed E-state index contributed by atoms with van der Waals surface area (Å²) in [5.41, 5.74) is 2.08. The number of nitrogens with zero attached hydrogens (tertiary/aromatic N) is 6. The standard InChI is InChI=1S/C21H24N6O3S2/c1-26(2)32(28,29)17-11-12-19-18(15-17)22-21(30-19)31-14-8-4-7-13-27-24-20(23-25-27)16-9-5-3-6-10-16/h3,5-6,9-12,15H,4,7-8,13-14H2,1-2H3. The molecule has 0 unspecified atom stereocenters. The van der Waals surface area contributed by atoms with Crippen LogP contribution < -0.4 is 0 Å². The van der Waals surface area contributed by atoms with Gasteiger partial charge in [-0.2, -0.15) is 4.80 Å². The van der Waals surface area contributed by atoms with Gasteiger partial charge in [-0.1, -0.05) is 48.5 Å². The van der Waals surface area contributed by atoms with E-state index in [2.05, 4.69) is 20.4 Å². The van der Waals surface area contributed by atoms with E-state index < -0.39 is 10.0 Å². The van der Waals surface area contributed by atoms with Gasteiger partial charge >= 0.3 is 0 Å². The first-order valence-corrected chi connectivity index (χ1v) is 12.7. The summed E-state index contributed by atoms with van der Waals surface area (Å²) < 4.78 is 31.5. The van der Waals surface area contributed by atoms with Crippen molar-refractivity contribution in [2.75, 3.05) is 19.8 Å². The van der Waals surface area contributed by atoms with Crippen molar-refractivity contribution in [2.24, 2.45) is 0 Å². The smallest absolute Gasteiger partial charge is 0.256 e. The Morgan fingerprint density at radius 2 is 1.88 bits per heavy atom. The molecule has 0 N–H and O–H groups in total. The molecule has 0 saturated heterocycles. The molecule has 0 saturated carbocycles. The summed E-state index contributed by atoms with van der Waals surface area (Å²) in [6.45, 7) is 0.719. The average Bonchev–Trinajstić information content (AvgIpc) is 3.42. The third-order valence-corrected chi connectivity index (χ3v) is 7.56.